The third-order valence-electron chi connectivity index (χ3n) is 5.91. The predicted molar refractivity (Wildman–Crippen MR) is 153 cm³/mol. The van der Waals surface area contributed by atoms with Crippen LogP contribution in [0.1, 0.15) is 22.3 Å². The third-order valence-corrected chi connectivity index (χ3v) is 8.15. The number of aromatic nitrogens is 4. The molecule has 0 radical (unpaired) electrons. The van der Waals surface area contributed by atoms with Gasteiger partial charge in [-0.3, -0.25) is 9.52 Å². The van der Waals surface area contributed by atoms with Gasteiger partial charge in [-0.1, -0.05) is 11.3 Å². The average Bonchev–Trinajstić information content (AvgIpc) is 3.58. The SMILES string of the molecule is COc1ccc(-c2nc3ccc(C(=O)OC(C)C(=O)Nc4ccc(S(=O)(=O)Nc5nnc(C)s5)cc4)cc3[nH]2)cc1. The molecule has 1 amide bonds. The van der Waals surface area contributed by atoms with Crippen molar-refractivity contribution in [1.82, 2.24) is 20.2 Å². The van der Waals surface area contributed by atoms with Crippen LogP contribution in [0.15, 0.2) is 71.6 Å². The highest BCUT2D eigenvalue weighted by molar-refractivity contribution is 7.93. The van der Waals surface area contributed by atoms with E-state index in [2.05, 4.69) is 30.2 Å². The van der Waals surface area contributed by atoms with E-state index in [-0.39, 0.29) is 15.6 Å². The van der Waals surface area contributed by atoms with Crippen molar-refractivity contribution in [2.75, 3.05) is 17.1 Å². The number of hydrogen-bond acceptors (Lipinski definition) is 10. The van der Waals surface area contributed by atoms with Crippen molar-refractivity contribution in [2.24, 2.45) is 0 Å². The number of fused-ring (bicyclic) bond motifs is 1. The molecule has 2 heterocycles. The molecule has 1 atom stereocenters. The van der Waals surface area contributed by atoms with Crippen LogP contribution in [-0.4, -0.2) is 53.7 Å². The van der Waals surface area contributed by atoms with Crippen molar-refractivity contribution in [3.05, 3.63) is 77.3 Å². The molecule has 14 heteroatoms. The zero-order valence-corrected chi connectivity index (χ0v) is 23.7. The Kier molecular flexibility index (Phi) is 7.68. The van der Waals surface area contributed by atoms with E-state index >= 15 is 0 Å². The fraction of sp³-hybridized carbons (Fsp3) is 0.148. The number of carbonyl (C=O) groups excluding carboxylic acids is 2. The Morgan fingerprint density at radius 2 is 1.73 bits per heavy atom. The Hall–Kier alpha value is -4.82. The molecular weight excluding hydrogens is 568 g/mol. The number of rotatable bonds is 9. The molecule has 0 fully saturated rings. The summed E-state index contributed by atoms with van der Waals surface area (Å²) in [5.74, 6) is 0.0899. The number of amides is 1. The van der Waals surface area contributed by atoms with Crippen molar-refractivity contribution < 1.29 is 27.5 Å². The van der Waals surface area contributed by atoms with Crippen LogP contribution >= 0.6 is 11.3 Å². The van der Waals surface area contributed by atoms with E-state index in [9.17, 15) is 18.0 Å². The zero-order chi connectivity index (χ0) is 29.1. The summed E-state index contributed by atoms with van der Waals surface area (Å²) in [6.07, 6.45) is -1.12. The molecule has 0 aliphatic heterocycles. The molecule has 41 heavy (non-hydrogen) atoms. The lowest BCUT2D eigenvalue weighted by atomic mass is 10.2. The van der Waals surface area contributed by atoms with Gasteiger partial charge in [0.15, 0.2) is 6.10 Å². The quantitative estimate of drug-likeness (QED) is 0.211. The van der Waals surface area contributed by atoms with Gasteiger partial charge in [-0.15, -0.1) is 10.2 Å². The second-order valence-corrected chi connectivity index (χ2v) is 11.7. The molecule has 0 saturated carbocycles. The fourth-order valence-corrected chi connectivity index (χ4v) is 5.60. The normalized spacial score (nSPS) is 12.1. The molecule has 5 aromatic rings. The van der Waals surface area contributed by atoms with E-state index in [4.69, 9.17) is 9.47 Å². The molecule has 0 saturated heterocycles. The van der Waals surface area contributed by atoms with Gasteiger partial charge in [0.2, 0.25) is 5.13 Å². The second-order valence-electron chi connectivity index (χ2n) is 8.84. The number of esters is 1. The number of hydrogen-bond donors (Lipinski definition) is 3. The summed E-state index contributed by atoms with van der Waals surface area (Å²) in [6.45, 7) is 3.15. The van der Waals surface area contributed by atoms with Crippen LogP contribution in [0.3, 0.4) is 0 Å². The minimum atomic E-state index is -3.88. The van der Waals surface area contributed by atoms with Crippen LogP contribution in [0, 0.1) is 6.92 Å². The van der Waals surface area contributed by atoms with Crippen LogP contribution in [-0.2, 0) is 19.6 Å². The van der Waals surface area contributed by atoms with Crippen LogP contribution in [0.5, 0.6) is 5.75 Å². The van der Waals surface area contributed by atoms with Gasteiger partial charge in [-0.25, -0.2) is 18.2 Å². The van der Waals surface area contributed by atoms with Crippen molar-refractivity contribution in [1.29, 1.82) is 0 Å². The number of H-pyrrole nitrogens is 1. The minimum Gasteiger partial charge on any atom is -0.497 e. The number of carbonyl (C=O) groups is 2. The Bertz CT molecular complexity index is 1830. The standard InChI is InChI=1S/C27H24N6O6S2/c1-15(25(34)28-19-7-11-21(12-8-19)41(36,37)33-27-32-31-16(2)40-27)39-26(35)18-6-13-22-23(14-18)30-24(29-22)17-4-9-20(38-3)10-5-17/h4-15H,1-3H3,(H,28,34)(H,29,30)(H,32,33). The molecule has 5 rings (SSSR count). The van der Waals surface area contributed by atoms with Crippen molar-refractivity contribution in [3.8, 4) is 17.1 Å². The van der Waals surface area contributed by atoms with E-state index in [1.807, 2.05) is 24.3 Å². The zero-order valence-electron chi connectivity index (χ0n) is 22.0. The summed E-state index contributed by atoms with van der Waals surface area (Å²) in [6, 6.07) is 17.8. The maximum absolute atomic E-state index is 12.8. The number of benzene rings is 3. The number of methoxy groups -OCH3 is 1. The maximum Gasteiger partial charge on any atom is 0.338 e. The van der Waals surface area contributed by atoms with Gasteiger partial charge < -0.3 is 19.8 Å². The minimum absolute atomic E-state index is 0.0211. The number of imidazole rings is 1. The average molecular weight is 593 g/mol. The van der Waals surface area contributed by atoms with E-state index in [0.29, 0.717) is 27.6 Å². The number of aromatic amines is 1. The molecule has 2 aromatic heterocycles. The van der Waals surface area contributed by atoms with Gasteiger partial charge in [0.1, 0.15) is 16.6 Å². The monoisotopic (exact) mass is 592 g/mol. The third kappa shape index (κ3) is 6.34. The maximum atomic E-state index is 12.8. The highest BCUT2D eigenvalue weighted by Crippen LogP contribution is 2.24. The van der Waals surface area contributed by atoms with Gasteiger partial charge in [0.05, 0.1) is 28.6 Å². The summed E-state index contributed by atoms with van der Waals surface area (Å²) in [7, 11) is -2.28. The van der Waals surface area contributed by atoms with Crippen LogP contribution < -0.4 is 14.8 Å². The molecule has 3 aromatic carbocycles. The Morgan fingerprint density at radius 1 is 1.00 bits per heavy atom. The van der Waals surface area contributed by atoms with Crippen molar-refractivity contribution >= 4 is 55.1 Å². The highest BCUT2D eigenvalue weighted by Gasteiger charge is 2.21. The summed E-state index contributed by atoms with van der Waals surface area (Å²) in [5.41, 5.74) is 2.72. The molecule has 0 spiro atoms. The Labute approximate surface area is 238 Å². The largest absolute Gasteiger partial charge is 0.497 e. The molecule has 12 nitrogen and oxygen atoms in total. The first-order chi connectivity index (χ1) is 19.6. The van der Waals surface area contributed by atoms with Crippen molar-refractivity contribution in [3.63, 3.8) is 0 Å². The van der Waals surface area contributed by atoms with E-state index in [1.165, 1.54) is 31.2 Å². The molecule has 0 aliphatic carbocycles. The highest BCUT2D eigenvalue weighted by atomic mass is 32.2. The smallest absolute Gasteiger partial charge is 0.338 e. The fourth-order valence-electron chi connectivity index (χ4n) is 3.78. The van der Waals surface area contributed by atoms with E-state index < -0.39 is 28.0 Å². The van der Waals surface area contributed by atoms with Gasteiger partial charge in [-0.2, -0.15) is 0 Å². The number of anilines is 2. The first kappa shape index (κ1) is 27.7. The molecule has 0 aliphatic rings. The van der Waals surface area contributed by atoms with Crippen LogP contribution in [0.2, 0.25) is 0 Å². The van der Waals surface area contributed by atoms with Crippen LogP contribution in [0.25, 0.3) is 22.4 Å². The number of sulfonamides is 1. The van der Waals surface area contributed by atoms with Crippen molar-refractivity contribution in [2.45, 2.75) is 24.8 Å². The predicted octanol–water partition coefficient (Wildman–Crippen LogP) is 4.38. The summed E-state index contributed by atoms with van der Waals surface area (Å²) < 4.78 is 38.0. The van der Waals surface area contributed by atoms with Crippen LogP contribution in [0.4, 0.5) is 10.8 Å². The van der Waals surface area contributed by atoms with Gasteiger partial charge >= 0.3 is 5.97 Å². The molecule has 1 unspecified atom stereocenters. The lowest BCUT2D eigenvalue weighted by Gasteiger charge is -2.14. The van der Waals surface area contributed by atoms with Gasteiger partial charge in [0.25, 0.3) is 15.9 Å². The van der Waals surface area contributed by atoms with E-state index in [0.717, 1.165) is 22.6 Å². The van der Waals surface area contributed by atoms with E-state index in [1.54, 1.807) is 32.2 Å². The lowest BCUT2D eigenvalue weighted by Crippen LogP contribution is -2.30. The Balaban J connectivity index is 1.20. The molecule has 0 bridgehead atoms. The number of nitrogens with one attached hydrogen (secondary N) is 3. The second kappa shape index (κ2) is 11.3. The number of nitrogens with zero attached hydrogens (tertiary/aromatic N) is 3. The van der Waals surface area contributed by atoms with Gasteiger partial charge in [-0.05, 0) is 80.6 Å². The summed E-state index contributed by atoms with van der Waals surface area (Å²) in [5, 5.41) is 10.9. The molecule has 3 N–H and O–H groups in total. The lowest BCUT2D eigenvalue weighted by molar-refractivity contribution is -0.123. The summed E-state index contributed by atoms with van der Waals surface area (Å²) in [4.78, 5) is 33.2. The Morgan fingerprint density at radius 3 is 2.39 bits per heavy atom. The first-order valence-electron chi connectivity index (χ1n) is 12.2. The number of ether oxygens (including phenoxy) is 2. The number of aryl methyl sites for hydroxylation is 1. The first-order valence-corrected chi connectivity index (χ1v) is 14.5. The molecular formula is C27H24N6O6S2. The topological polar surface area (TPSA) is 165 Å². The molecule has 210 valence electrons. The summed E-state index contributed by atoms with van der Waals surface area (Å²) >= 11 is 1.11. The van der Waals surface area contributed by atoms with Gasteiger partial charge in [0, 0.05) is 11.3 Å².